The largest absolute Gasteiger partial charge is 0.350 e. The lowest BCUT2D eigenvalue weighted by Crippen LogP contribution is -2.37. The number of carbonyl (C=O) groups is 1. The monoisotopic (exact) mass is 246 g/mol. The van der Waals surface area contributed by atoms with E-state index >= 15 is 0 Å². The summed E-state index contributed by atoms with van der Waals surface area (Å²) >= 11 is 0. The lowest BCUT2D eigenvalue weighted by Gasteiger charge is -2.10. The maximum atomic E-state index is 11.6. The second kappa shape index (κ2) is 7.24. The Labute approximate surface area is 102 Å². The van der Waals surface area contributed by atoms with E-state index < -0.39 is 0 Å². The van der Waals surface area contributed by atoms with Crippen molar-refractivity contribution in [3.05, 3.63) is 18.0 Å². The maximum absolute atomic E-state index is 11.6. The van der Waals surface area contributed by atoms with Crippen LogP contribution in [0.2, 0.25) is 0 Å². The average molecular weight is 247 g/mol. The molecule has 0 saturated heterocycles. The first kappa shape index (κ1) is 14.9. The van der Waals surface area contributed by atoms with Gasteiger partial charge in [-0.3, -0.25) is 9.48 Å². The second-order valence-electron chi connectivity index (χ2n) is 3.48. The van der Waals surface area contributed by atoms with Gasteiger partial charge in [0.25, 0.3) is 5.91 Å². The predicted octanol–water partition coefficient (Wildman–Crippen LogP) is 0.662. The zero-order valence-corrected chi connectivity index (χ0v) is 10.7. The van der Waals surface area contributed by atoms with E-state index in [0.717, 1.165) is 6.54 Å². The molecule has 1 rings (SSSR count). The summed E-state index contributed by atoms with van der Waals surface area (Å²) in [6.07, 6.45) is 3.34. The van der Waals surface area contributed by atoms with E-state index in [4.69, 9.17) is 0 Å². The predicted molar refractivity (Wildman–Crippen MR) is 66.0 cm³/mol. The van der Waals surface area contributed by atoms with Gasteiger partial charge in [-0.25, -0.2) is 0 Å². The molecular formula is C10H19ClN4O. The first-order valence-corrected chi connectivity index (χ1v) is 5.15. The third-order valence-corrected chi connectivity index (χ3v) is 2.28. The van der Waals surface area contributed by atoms with Gasteiger partial charge in [-0.15, -0.1) is 12.4 Å². The number of aromatic nitrogens is 2. The fourth-order valence-electron chi connectivity index (χ4n) is 1.10. The number of carbonyl (C=O) groups excluding carboxylic acids is 1. The molecule has 1 amide bonds. The van der Waals surface area contributed by atoms with Crippen LogP contribution < -0.4 is 10.6 Å². The summed E-state index contributed by atoms with van der Waals surface area (Å²) in [7, 11) is 1.87. The molecular weight excluding hydrogens is 228 g/mol. The quantitative estimate of drug-likeness (QED) is 0.803. The highest BCUT2D eigenvalue weighted by molar-refractivity contribution is 5.93. The highest BCUT2D eigenvalue weighted by Crippen LogP contribution is 1.97. The van der Waals surface area contributed by atoms with Crippen molar-refractivity contribution in [2.24, 2.45) is 0 Å². The van der Waals surface area contributed by atoms with E-state index in [-0.39, 0.29) is 24.4 Å². The minimum absolute atomic E-state index is 0. The molecule has 0 radical (unpaired) electrons. The van der Waals surface area contributed by atoms with Crippen LogP contribution in [0.3, 0.4) is 0 Å². The van der Waals surface area contributed by atoms with Crippen LogP contribution >= 0.6 is 12.4 Å². The number of halogens is 1. The Morgan fingerprint density at radius 3 is 2.81 bits per heavy atom. The summed E-state index contributed by atoms with van der Waals surface area (Å²) in [6, 6.07) is 0.273. The first-order valence-electron chi connectivity index (χ1n) is 5.15. The number of nitrogens with zero attached hydrogens (tertiary/aromatic N) is 2. The molecule has 0 spiro atoms. The summed E-state index contributed by atoms with van der Waals surface area (Å²) in [5, 5.41) is 9.93. The van der Waals surface area contributed by atoms with Gasteiger partial charge in [0.1, 0.15) is 0 Å². The van der Waals surface area contributed by atoms with E-state index in [2.05, 4.69) is 15.7 Å². The Balaban J connectivity index is 0.00000225. The lowest BCUT2D eigenvalue weighted by atomic mass is 10.3. The molecule has 6 heteroatoms. The zero-order valence-electron chi connectivity index (χ0n) is 9.86. The molecule has 0 aromatic carbocycles. The van der Waals surface area contributed by atoms with Crippen molar-refractivity contribution in [1.82, 2.24) is 20.4 Å². The number of rotatable bonds is 5. The van der Waals surface area contributed by atoms with Crippen molar-refractivity contribution in [3.8, 4) is 0 Å². The molecule has 1 heterocycles. The number of hydrogen-bond acceptors (Lipinski definition) is 3. The van der Waals surface area contributed by atoms with E-state index in [1.807, 2.05) is 20.9 Å². The molecule has 92 valence electrons. The third-order valence-electron chi connectivity index (χ3n) is 2.28. The molecule has 1 aromatic rings. The summed E-state index contributed by atoms with van der Waals surface area (Å²) in [5.41, 5.74) is 0.611. The molecule has 1 unspecified atom stereocenters. The second-order valence-corrected chi connectivity index (χ2v) is 3.48. The van der Waals surface area contributed by atoms with Crippen LogP contribution in [0.5, 0.6) is 0 Å². The minimum atomic E-state index is -0.0724. The Kier molecular flexibility index (Phi) is 6.76. The molecule has 0 bridgehead atoms. The molecule has 0 saturated carbocycles. The molecule has 0 aliphatic rings. The SMILES string of the molecule is CCn1cc(C(=O)NCC(C)NC)cn1.Cl. The van der Waals surface area contributed by atoms with Gasteiger partial charge in [0.2, 0.25) is 0 Å². The van der Waals surface area contributed by atoms with E-state index in [0.29, 0.717) is 12.1 Å². The number of nitrogens with one attached hydrogen (secondary N) is 2. The normalized spacial score (nSPS) is 11.7. The lowest BCUT2D eigenvalue weighted by molar-refractivity contribution is 0.0950. The molecule has 0 aliphatic carbocycles. The Morgan fingerprint density at radius 2 is 2.31 bits per heavy atom. The van der Waals surface area contributed by atoms with Gasteiger partial charge in [0.15, 0.2) is 0 Å². The van der Waals surface area contributed by atoms with Crippen LogP contribution in [0.4, 0.5) is 0 Å². The van der Waals surface area contributed by atoms with E-state index in [9.17, 15) is 4.79 Å². The number of hydrogen-bond donors (Lipinski definition) is 2. The van der Waals surface area contributed by atoms with Crippen molar-refractivity contribution in [2.75, 3.05) is 13.6 Å². The van der Waals surface area contributed by atoms with E-state index in [1.54, 1.807) is 17.1 Å². The number of amides is 1. The molecule has 1 aromatic heterocycles. The molecule has 2 N–H and O–H groups in total. The fourth-order valence-corrected chi connectivity index (χ4v) is 1.10. The van der Waals surface area contributed by atoms with Crippen LogP contribution in [-0.4, -0.2) is 35.3 Å². The van der Waals surface area contributed by atoms with Gasteiger partial charge in [0.05, 0.1) is 11.8 Å². The van der Waals surface area contributed by atoms with Gasteiger partial charge in [0, 0.05) is 25.3 Å². The zero-order chi connectivity index (χ0) is 11.3. The molecule has 1 atom stereocenters. The number of aryl methyl sites for hydroxylation is 1. The fraction of sp³-hybridized carbons (Fsp3) is 0.600. The Hall–Kier alpha value is -1.07. The van der Waals surface area contributed by atoms with Crippen LogP contribution in [-0.2, 0) is 6.54 Å². The molecule has 5 nitrogen and oxygen atoms in total. The summed E-state index contributed by atoms with van der Waals surface area (Å²) in [4.78, 5) is 11.6. The van der Waals surface area contributed by atoms with Crippen molar-refractivity contribution in [2.45, 2.75) is 26.4 Å². The Bertz CT molecular complexity index is 326. The summed E-state index contributed by atoms with van der Waals surface area (Å²) in [6.45, 7) is 5.39. The molecule has 16 heavy (non-hydrogen) atoms. The topological polar surface area (TPSA) is 59.0 Å². The van der Waals surface area contributed by atoms with Crippen molar-refractivity contribution < 1.29 is 4.79 Å². The smallest absolute Gasteiger partial charge is 0.254 e. The van der Waals surface area contributed by atoms with Gasteiger partial charge >= 0.3 is 0 Å². The average Bonchev–Trinajstić information content (AvgIpc) is 2.73. The number of likely N-dealkylation sites (N-methyl/N-ethyl adjacent to an activating group) is 1. The molecule has 0 fully saturated rings. The van der Waals surface area contributed by atoms with Crippen molar-refractivity contribution in [3.63, 3.8) is 0 Å². The van der Waals surface area contributed by atoms with Crippen LogP contribution in [0.1, 0.15) is 24.2 Å². The van der Waals surface area contributed by atoms with Gasteiger partial charge in [-0.1, -0.05) is 0 Å². The highest BCUT2D eigenvalue weighted by Gasteiger charge is 2.08. The van der Waals surface area contributed by atoms with Crippen LogP contribution in [0, 0.1) is 0 Å². The maximum Gasteiger partial charge on any atom is 0.254 e. The van der Waals surface area contributed by atoms with Crippen LogP contribution in [0.25, 0.3) is 0 Å². The third kappa shape index (κ3) is 4.20. The van der Waals surface area contributed by atoms with Crippen LogP contribution in [0.15, 0.2) is 12.4 Å². The van der Waals surface area contributed by atoms with Gasteiger partial charge < -0.3 is 10.6 Å². The first-order chi connectivity index (χ1) is 7.17. The summed E-state index contributed by atoms with van der Waals surface area (Å²) in [5.74, 6) is -0.0724. The van der Waals surface area contributed by atoms with E-state index in [1.165, 1.54) is 0 Å². The van der Waals surface area contributed by atoms with Gasteiger partial charge in [-0.2, -0.15) is 5.10 Å². The highest BCUT2D eigenvalue weighted by atomic mass is 35.5. The van der Waals surface area contributed by atoms with Gasteiger partial charge in [-0.05, 0) is 20.9 Å². The van der Waals surface area contributed by atoms with Crippen molar-refractivity contribution >= 4 is 18.3 Å². The molecule has 0 aliphatic heterocycles. The summed E-state index contributed by atoms with van der Waals surface area (Å²) < 4.78 is 1.73. The minimum Gasteiger partial charge on any atom is -0.350 e. The van der Waals surface area contributed by atoms with Crippen molar-refractivity contribution in [1.29, 1.82) is 0 Å². The Morgan fingerprint density at radius 1 is 1.62 bits per heavy atom. The standard InChI is InChI=1S/C10H18N4O.ClH/c1-4-14-7-9(6-13-14)10(15)12-5-8(2)11-3;/h6-8,11H,4-5H2,1-3H3,(H,12,15);1H.